The minimum Gasteiger partial charge on any atom is -0.381 e. The monoisotopic (exact) mass is 280 g/mol. The maximum atomic E-state index is 12.7. The lowest BCUT2D eigenvalue weighted by molar-refractivity contribution is -0.132. The molecule has 0 spiro atoms. The molecule has 3 fully saturated rings. The predicted molar refractivity (Wildman–Crippen MR) is 78.1 cm³/mol. The molecule has 0 radical (unpaired) electrons. The zero-order valence-electron chi connectivity index (χ0n) is 13.0. The summed E-state index contributed by atoms with van der Waals surface area (Å²) in [6, 6.07) is 0.254. The first-order valence-electron chi connectivity index (χ1n) is 7.96. The second-order valence-electron chi connectivity index (χ2n) is 8.09. The first-order chi connectivity index (χ1) is 9.28. The van der Waals surface area contributed by atoms with E-state index < -0.39 is 5.54 Å². The third kappa shape index (κ3) is 2.00. The summed E-state index contributed by atoms with van der Waals surface area (Å²) in [6.07, 6.45) is 5.04. The van der Waals surface area contributed by atoms with Crippen LogP contribution in [0.15, 0.2) is 0 Å². The SMILES string of the molecule is CC12CCC(C1)C(C)(C)C2NC(=O)C1(N)CCOCC1. The first-order valence-corrected chi connectivity index (χ1v) is 7.96. The van der Waals surface area contributed by atoms with Gasteiger partial charge in [-0.05, 0) is 48.9 Å². The lowest BCUT2D eigenvalue weighted by Gasteiger charge is -2.45. The molecule has 2 saturated carbocycles. The van der Waals surface area contributed by atoms with Crippen molar-refractivity contribution in [2.75, 3.05) is 13.2 Å². The van der Waals surface area contributed by atoms with Crippen molar-refractivity contribution in [1.29, 1.82) is 0 Å². The van der Waals surface area contributed by atoms with Crippen molar-refractivity contribution >= 4 is 5.91 Å². The van der Waals surface area contributed by atoms with Crippen LogP contribution >= 0.6 is 0 Å². The molecule has 2 bridgehead atoms. The molecule has 20 heavy (non-hydrogen) atoms. The van der Waals surface area contributed by atoms with Gasteiger partial charge in [0.1, 0.15) is 0 Å². The Bertz CT molecular complexity index is 410. The number of ether oxygens (including phenoxy) is 1. The molecular weight excluding hydrogens is 252 g/mol. The van der Waals surface area contributed by atoms with Gasteiger partial charge in [0.05, 0.1) is 5.54 Å². The Morgan fingerprint density at radius 2 is 1.85 bits per heavy atom. The molecule has 3 aliphatic rings. The van der Waals surface area contributed by atoms with E-state index >= 15 is 0 Å². The summed E-state index contributed by atoms with van der Waals surface area (Å²) in [5, 5.41) is 3.33. The number of hydrogen-bond acceptors (Lipinski definition) is 3. The van der Waals surface area contributed by atoms with Crippen LogP contribution in [-0.2, 0) is 9.53 Å². The van der Waals surface area contributed by atoms with Crippen LogP contribution in [0.4, 0.5) is 0 Å². The van der Waals surface area contributed by atoms with Crippen LogP contribution < -0.4 is 11.1 Å². The van der Waals surface area contributed by atoms with E-state index in [9.17, 15) is 4.79 Å². The van der Waals surface area contributed by atoms with Gasteiger partial charge in [-0.25, -0.2) is 0 Å². The third-order valence-corrected chi connectivity index (χ3v) is 6.38. The van der Waals surface area contributed by atoms with E-state index in [0.29, 0.717) is 26.1 Å². The number of hydrogen-bond donors (Lipinski definition) is 2. The summed E-state index contributed by atoms with van der Waals surface area (Å²) in [6.45, 7) is 8.13. The highest BCUT2D eigenvalue weighted by Crippen LogP contribution is 2.62. The highest BCUT2D eigenvalue weighted by atomic mass is 16.5. The van der Waals surface area contributed by atoms with Gasteiger partial charge in [0, 0.05) is 19.3 Å². The largest absolute Gasteiger partial charge is 0.381 e. The summed E-state index contributed by atoms with van der Waals surface area (Å²) in [5.41, 5.74) is 6.03. The topological polar surface area (TPSA) is 64.4 Å². The fourth-order valence-corrected chi connectivity index (χ4v) is 4.90. The highest BCUT2D eigenvalue weighted by molar-refractivity contribution is 5.86. The zero-order valence-corrected chi connectivity index (χ0v) is 13.0. The average Bonchev–Trinajstić information content (AvgIpc) is 2.86. The van der Waals surface area contributed by atoms with Gasteiger partial charge in [-0.3, -0.25) is 4.79 Å². The second kappa shape index (κ2) is 4.44. The Labute approximate surface area is 121 Å². The van der Waals surface area contributed by atoms with E-state index in [0.717, 1.165) is 5.92 Å². The van der Waals surface area contributed by atoms with Gasteiger partial charge < -0.3 is 15.8 Å². The number of nitrogens with two attached hydrogens (primary N) is 1. The van der Waals surface area contributed by atoms with Crippen LogP contribution in [0.5, 0.6) is 0 Å². The van der Waals surface area contributed by atoms with Crippen LogP contribution in [0.25, 0.3) is 0 Å². The molecule has 3 N–H and O–H groups in total. The predicted octanol–water partition coefficient (Wildman–Crippen LogP) is 1.83. The van der Waals surface area contributed by atoms with E-state index in [1.165, 1.54) is 19.3 Å². The second-order valence-corrected chi connectivity index (χ2v) is 8.09. The maximum absolute atomic E-state index is 12.7. The smallest absolute Gasteiger partial charge is 0.240 e. The van der Waals surface area contributed by atoms with Crippen molar-refractivity contribution in [3.05, 3.63) is 0 Å². The number of amides is 1. The lowest BCUT2D eigenvalue weighted by Crippen LogP contribution is -2.62. The zero-order chi connectivity index (χ0) is 14.6. The number of carbonyl (C=O) groups is 1. The van der Waals surface area contributed by atoms with Crippen molar-refractivity contribution < 1.29 is 9.53 Å². The third-order valence-electron chi connectivity index (χ3n) is 6.38. The molecule has 1 aliphatic heterocycles. The molecule has 4 nitrogen and oxygen atoms in total. The van der Waals surface area contributed by atoms with Gasteiger partial charge >= 0.3 is 0 Å². The molecule has 2 aliphatic carbocycles. The molecule has 114 valence electrons. The summed E-state index contributed by atoms with van der Waals surface area (Å²) in [4.78, 5) is 12.7. The van der Waals surface area contributed by atoms with Crippen LogP contribution in [0, 0.1) is 16.7 Å². The molecule has 0 aromatic heterocycles. The highest BCUT2D eigenvalue weighted by Gasteiger charge is 2.60. The normalized spacial score (nSPS) is 41.6. The Balaban J connectivity index is 1.75. The van der Waals surface area contributed by atoms with E-state index in [4.69, 9.17) is 10.5 Å². The summed E-state index contributed by atoms with van der Waals surface area (Å²) < 4.78 is 5.34. The van der Waals surface area contributed by atoms with E-state index in [1.807, 2.05) is 0 Å². The molecule has 3 atom stereocenters. The van der Waals surface area contributed by atoms with Crippen LogP contribution in [-0.4, -0.2) is 30.7 Å². The number of nitrogens with one attached hydrogen (secondary N) is 1. The fourth-order valence-electron chi connectivity index (χ4n) is 4.90. The Morgan fingerprint density at radius 3 is 2.40 bits per heavy atom. The van der Waals surface area contributed by atoms with Gasteiger partial charge in [-0.15, -0.1) is 0 Å². The Hall–Kier alpha value is -0.610. The van der Waals surface area contributed by atoms with Gasteiger partial charge in [0.25, 0.3) is 0 Å². The molecule has 1 amide bonds. The molecule has 3 rings (SSSR count). The first kappa shape index (κ1) is 14.3. The van der Waals surface area contributed by atoms with Crippen molar-refractivity contribution in [1.82, 2.24) is 5.32 Å². The minimum absolute atomic E-state index is 0.0349. The average molecular weight is 280 g/mol. The molecule has 3 unspecified atom stereocenters. The molecule has 1 heterocycles. The molecule has 0 aromatic carbocycles. The lowest BCUT2D eigenvalue weighted by atomic mass is 9.68. The van der Waals surface area contributed by atoms with E-state index in [1.54, 1.807) is 0 Å². The van der Waals surface area contributed by atoms with Crippen LogP contribution in [0.2, 0.25) is 0 Å². The van der Waals surface area contributed by atoms with E-state index in [2.05, 4.69) is 26.1 Å². The van der Waals surface area contributed by atoms with Gasteiger partial charge in [0.15, 0.2) is 0 Å². The van der Waals surface area contributed by atoms with Gasteiger partial charge in [-0.1, -0.05) is 20.8 Å². The molecule has 0 aromatic rings. The maximum Gasteiger partial charge on any atom is 0.240 e. The number of fused-ring (bicyclic) bond motifs is 2. The standard InChI is InChI=1S/C16H28N2O2/c1-14(2)11-4-5-15(3,10-11)12(14)18-13(19)16(17)6-8-20-9-7-16/h11-12H,4-10,17H2,1-3H3,(H,18,19). The number of rotatable bonds is 2. The van der Waals surface area contributed by atoms with Gasteiger partial charge in [-0.2, -0.15) is 0 Å². The van der Waals surface area contributed by atoms with Gasteiger partial charge in [0.2, 0.25) is 5.91 Å². The number of carbonyl (C=O) groups excluding carboxylic acids is 1. The fraction of sp³-hybridized carbons (Fsp3) is 0.938. The van der Waals surface area contributed by atoms with Crippen molar-refractivity contribution in [3.63, 3.8) is 0 Å². The molecule has 4 heteroatoms. The molecular formula is C16H28N2O2. The van der Waals surface area contributed by atoms with Crippen LogP contribution in [0.1, 0.15) is 52.9 Å². The Morgan fingerprint density at radius 1 is 1.20 bits per heavy atom. The van der Waals surface area contributed by atoms with Crippen LogP contribution in [0.3, 0.4) is 0 Å². The quantitative estimate of drug-likeness (QED) is 0.811. The van der Waals surface area contributed by atoms with E-state index in [-0.39, 0.29) is 22.8 Å². The van der Waals surface area contributed by atoms with Crippen molar-refractivity contribution in [3.8, 4) is 0 Å². The summed E-state index contributed by atoms with van der Waals surface area (Å²) >= 11 is 0. The summed E-state index contributed by atoms with van der Waals surface area (Å²) in [7, 11) is 0. The van der Waals surface area contributed by atoms with Crippen molar-refractivity contribution in [2.24, 2.45) is 22.5 Å². The Kier molecular flexibility index (Phi) is 3.18. The van der Waals surface area contributed by atoms with Crippen molar-refractivity contribution in [2.45, 2.75) is 64.5 Å². The molecule has 1 saturated heterocycles. The summed E-state index contributed by atoms with van der Waals surface area (Å²) in [5.74, 6) is 0.772. The minimum atomic E-state index is -0.730.